The van der Waals surface area contributed by atoms with Gasteiger partial charge in [-0.05, 0) is 49.8 Å². The lowest BCUT2D eigenvalue weighted by molar-refractivity contribution is -0.126. The summed E-state index contributed by atoms with van der Waals surface area (Å²) in [6, 6.07) is 6.61. The molecule has 1 amide bonds. The number of hydrogen-bond donors (Lipinski definition) is 1. The third-order valence-corrected chi connectivity index (χ3v) is 4.46. The zero-order valence-corrected chi connectivity index (χ0v) is 12.7. The number of amides is 1. The van der Waals surface area contributed by atoms with Crippen LogP contribution in [0.1, 0.15) is 25.0 Å². The van der Waals surface area contributed by atoms with Gasteiger partial charge in [0.2, 0.25) is 5.91 Å². The predicted molar refractivity (Wildman–Crippen MR) is 80.5 cm³/mol. The number of thioether (sulfide) groups is 1. The van der Waals surface area contributed by atoms with E-state index < -0.39 is 0 Å². The molecule has 1 aliphatic heterocycles. The molecule has 0 radical (unpaired) electrons. The highest BCUT2D eigenvalue weighted by atomic mass is 32.2. The summed E-state index contributed by atoms with van der Waals surface area (Å²) in [5.74, 6) is 0.131. The topological polar surface area (TPSA) is 32.3 Å². The molecule has 19 heavy (non-hydrogen) atoms. The first-order valence-corrected chi connectivity index (χ1v) is 8.05. The van der Waals surface area contributed by atoms with Gasteiger partial charge in [-0.3, -0.25) is 9.69 Å². The minimum Gasteiger partial charge on any atom is -0.355 e. The van der Waals surface area contributed by atoms with Gasteiger partial charge in [-0.2, -0.15) is 0 Å². The first-order chi connectivity index (χ1) is 9.15. The van der Waals surface area contributed by atoms with Gasteiger partial charge in [-0.1, -0.05) is 6.07 Å². The van der Waals surface area contributed by atoms with Crippen molar-refractivity contribution in [1.29, 1.82) is 0 Å². The molecule has 1 heterocycles. The number of carbonyl (C=O) groups is 1. The lowest BCUT2D eigenvalue weighted by Crippen LogP contribution is -2.46. The molecule has 2 rings (SSSR count). The number of likely N-dealkylation sites (N-methyl/N-ethyl adjacent to an activating group) is 1. The second-order valence-corrected chi connectivity index (χ2v) is 5.81. The summed E-state index contributed by atoms with van der Waals surface area (Å²) in [4.78, 5) is 15.5. The van der Waals surface area contributed by atoms with Gasteiger partial charge in [0.1, 0.15) is 0 Å². The summed E-state index contributed by atoms with van der Waals surface area (Å²) in [6.07, 6.45) is 3.14. The van der Waals surface area contributed by atoms with Gasteiger partial charge in [0.05, 0.1) is 6.04 Å². The van der Waals surface area contributed by atoms with Crippen molar-refractivity contribution in [1.82, 2.24) is 10.2 Å². The molecule has 0 saturated heterocycles. The Morgan fingerprint density at radius 3 is 2.95 bits per heavy atom. The molecule has 0 aromatic heterocycles. The fourth-order valence-electron chi connectivity index (χ4n) is 2.50. The van der Waals surface area contributed by atoms with E-state index in [1.165, 1.54) is 16.0 Å². The van der Waals surface area contributed by atoms with Crippen molar-refractivity contribution >= 4 is 17.7 Å². The van der Waals surface area contributed by atoms with Gasteiger partial charge in [-0.15, -0.1) is 11.8 Å². The molecule has 1 aromatic rings. The van der Waals surface area contributed by atoms with E-state index >= 15 is 0 Å². The maximum atomic E-state index is 11.9. The molecule has 0 saturated carbocycles. The largest absolute Gasteiger partial charge is 0.355 e. The summed E-state index contributed by atoms with van der Waals surface area (Å²) < 4.78 is 0. The molecule has 3 nitrogen and oxygen atoms in total. The lowest BCUT2D eigenvalue weighted by Gasteiger charge is -2.33. The minimum atomic E-state index is -0.0478. The number of rotatable bonds is 4. The Morgan fingerprint density at radius 2 is 2.26 bits per heavy atom. The zero-order chi connectivity index (χ0) is 13.8. The normalized spacial score (nSPS) is 16.8. The van der Waals surface area contributed by atoms with Crippen LogP contribution in [0.5, 0.6) is 0 Å². The van der Waals surface area contributed by atoms with Crippen LogP contribution in [0.25, 0.3) is 0 Å². The fourth-order valence-corrected chi connectivity index (χ4v) is 2.96. The Kier molecular flexibility index (Phi) is 4.88. The summed E-state index contributed by atoms with van der Waals surface area (Å²) in [7, 11) is 0. The van der Waals surface area contributed by atoms with Crippen LogP contribution < -0.4 is 5.32 Å². The van der Waals surface area contributed by atoms with E-state index in [9.17, 15) is 4.79 Å². The molecular weight excluding hydrogens is 256 g/mol. The van der Waals surface area contributed by atoms with E-state index in [-0.39, 0.29) is 11.9 Å². The average molecular weight is 278 g/mol. The SMILES string of the molecule is CCNC(=O)[C@@H](C)N1CCc2cc(SC)ccc2C1. The van der Waals surface area contributed by atoms with Crippen LogP contribution in [0.3, 0.4) is 0 Å². The van der Waals surface area contributed by atoms with Crippen LogP contribution in [0.2, 0.25) is 0 Å². The van der Waals surface area contributed by atoms with Crippen LogP contribution in [0.4, 0.5) is 0 Å². The van der Waals surface area contributed by atoms with Crippen LogP contribution in [-0.4, -0.2) is 36.2 Å². The van der Waals surface area contributed by atoms with Gasteiger partial charge in [0.15, 0.2) is 0 Å². The molecule has 0 bridgehead atoms. The zero-order valence-electron chi connectivity index (χ0n) is 11.9. The average Bonchev–Trinajstić information content (AvgIpc) is 2.45. The van der Waals surface area contributed by atoms with Crippen molar-refractivity contribution in [2.24, 2.45) is 0 Å². The first kappa shape index (κ1) is 14.4. The molecule has 1 aromatic carbocycles. The Balaban J connectivity index is 2.07. The van der Waals surface area contributed by atoms with Crippen LogP contribution in [0, 0.1) is 0 Å². The standard InChI is InChI=1S/C15H22N2OS/c1-4-16-15(18)11(2)17-8-7-12-9-14(19-3)6-5-13(12)10-17/h5-6,9,11H,4,7-8,10H2,1-3H3,(H,16,18)/t11-/m1/s1. The summed E-state index contributed by atoms with van der Waals surface area (Å²) in [6.45, 7) is 6.49. The molecule has 104 valence electrons. The van der Waals surface area contributed by atoms with Crippen molar-refractivity contribution < 1.29 is 4.79 Å². The number of carbonyl (C=O) groups excluding carboxylic acids is 1. The number of fused-ring (bicyclic) bond motifs is 1. The molecule has 0 fully saturated rings. The van der Waals surface area contributed by atoms with Gasteiger partial charge < -0.3 is 5.32 Å². The van der Waals surface area contributed by atoms with Gasteiger partial charge in [0.25, 0.3) is 0 Å². The smallest absolute Gasteiger partial charge is 0.237 e. The summed E-state index contributed by atoms with van der Waals surface area (Å²) in [5.41, 5.74) is 2.80. The highest BCUT2D eigenvalue weighted by Gasteiger charge is 2.24. The van der Waals surface area contributed by atoms with Crippen molar-refractivity contribution in [3.8, 4) is 0 Å². The molecule has 0 aliphatic carbocycles. The number of hydrogen-bond acceptors (Lipinski definition) is 3. The molecule has 0 spiro atoms. The van der Waals surface area contributed by atoms with Crippen molar-refractivity contribution in [3.63, 3.8) is 0 Å². The van der Waals surface area contributed by atoms with Crippen LogP contribution in [0.15, 0.2) is 23.1 Å². The number of benzene rings is 1. The van der Waals surface area contributed by atoms with E-state index in [0.717, 1.165) is 19.5 Å². The van der Waals surface area contributed by atoms with E-state index in [1.807, 2.05) is 13.8 Å². The Morgan fingerprint density at radius 1 is 1.47 bits per heavy atom. The third-order valence-electron chi connectivity index (χ3n) is 3.73. The van der Waals surface area contributed by atoms with Crippen LogP contribution in [-0.2, 0) is 17.8 Å². The highest BCUT2D eigenvalue weighted by molar-refractivity contribution is 7.98. The molecule has 1 N–H and O–H groups in total. The van der Waals surface area contributed by atoms with Gasteiger partial charge in [-0.25, -0.2) is 0 Å². The Labute approximate surface area is 119 Å². The summed E-state index contributed by atoms with van der Waals surface area (Å²) >= 11 is 1.78. The highest BCUT2D eigenvalue weighted by Crippen LogP contribution is 2.25. The lowest BCUT2D eigenvalue weighted by atomic mass is 9.98. The summed E-state index contributed by atoms with van der Waals surface area (Å²) in [5, 5.41) is 2.90. The van der Waals surface area contributed by atoms with E-state index in [0.29, 0.717) is 6.54 Å². The third kappa shape index (κ3) is 3.31. The van der Waals surface area contributed by atoms with Crippen molar-refractivity contribution in [2.75, 3.05) is 19.3 Å². The van der Waals surface area contributed by atoms with Crippen LogP contribution >= 0.6 is 11.8 Å². The maximum absolute atomic E-state index is 11.9. The van der Waals surface area contributed by atoms with Gasteiger partial charge in [0, 0.05) is 24.5 Å². The molecule has 4 heteroatoms. The van der Waals surface area contributed by atoms with E-state index in [2.05, 4.69) is 34.7 Å². The van der Waals surface area contributed by atoms with Crippen molar-refractivity contribution in [2.45, 2.75) is 37.8 Å². The predicted octanol–water partition coefficient (Wildman–Crippen LogP) is 2.29. The first-order valence-electron chi connectivity index (χ1n) is 6.83. The fraction of sp³-hybridized carbons (Fsp3) is 0.533. The number of nitrogens with one attached hydrogen (secondary N) is 1. The second kappa shape index (κ2) is 6.44. The molecule has 0 unspecified atom stereocenters. The Bertz CT molecular complexity index is 461. The quantitative estimate of drug-likeness (QED) is 0.858. The molecule has 1 aliphatic rings. The molecular formula is C15H22N2OS. The van der Waals surface area contributed by atoms with Gasteiger partial charge >= 0.3 is 0 Å². The minimum absolute atomic E-state index is 0.0478. The van der Waals surface area contributed by atoms with E-state index in [1.54, 1.807) is 11.8 Å². The monoisotopic (exact) mass is 278 g/mol. The maximum Gasteiger partial charge on any atom is 0.237 e. The van der Waals surface area contributed by atoms with Crippen molar-refractivity contribution in [3.05, 3.63) is 29.3 Å². The Hall–Kier alpha value is -1.00. The second-order valence-electron chi connectivity index (χ2n) is 4.93. The molecule has 1 atom stereocenters. The number of nitrogens with zero attached hydrogens (tertiary/aromatic N) is 1. The van der Waals surface area contributed by atoms with E-state index in [4.69, 9.17) is 0 Å².